The van der Waals surface area contributed by atoms with E-state index in [9.17, 15) is 9.59 Å². The minimum Gasteiger partial charge on any atom is -0.516 e. The molecule has 0 radical (unpaired) electrons. The molecule has 0 spiro atoms. The zero-order valence-electron chi connectivity index (χ0n) is 8.73. The molecule has 0 unspecified atom stereocenters. The molecule has 14 heavy (non-hydrogen) atoms. The van der Waals surface area contributed by atoms with E-state index in [-0.39, 0.29) is 5.97 Å². The van der Waals surface area contributed by atoms with Gasteiger partial charge in [-0.15, -0.1) is 0 Å². The Morgan fingerprint density at radius 2 is 1.93 bits per heavy atom. The maximum absolute atomic E-state index is 9.75. The number of aliphatic hydroxyl groups excluding tert-OH is 1. The van der Waals surface area contributed by atoms with Crippen LogP contribution in [0.2, 0.25) is 0 Å². The fourth-order valence-corrected chi connectivity index (χ4v) is 0.235. The minimum atomic E-state index is -0.329. The third-order valence-electron chi connectivity index (χ3n) is 0.656. The lowest BCUT2D eigenvalue weighted by atomic mass is 10.4. The summed E-state index contributed by atoms with van der Waals surface area (Å²) in [5.41, 5.74) is 0. The van der Waals surface area contributed by atoms with Crippen LogP contribution < -0.4 is 0 Å². The Hall–Kier alpha value is -1.58. The number of esters is 1. The summed E-state index contributed by atoms with van der Waals surface area (Å²) < 4.78 is 4.17. The zero-order valence-corrected chi connectivity index (χ0v) is 8.73. The van der Waals surface area contributed by atoms with Crippen molar-refractivity contribution in [3.63, 3.8) is 0 Å². The number of aliphatic hydroxyl groups is 1. The van der Waals surface area contributed by atoms with Crippen molar-refractivity contribution in [1.29, 1.82) is 0 Å². The molecule has 0 heterocycles. The number of unbranched alkanes of at least 4 members (excludes halogenated alkanes) is 1. The third kappa shape index (κ3) is 79.1. The van der Waals surface area contributed by atoms with Gasteiger partial charge in [-0.05, 0) is 6.42 Å². The summed E-state index contributed by atoms with van der Waals surface area (Å²) in [6.45, 7) is 9.38. The SMILES string of the molecule is C=CO.C=COC(C)=O.CCCC=O. The van der Waals surface area contributed by atoms with Gasteiger partial charge in [0.2, 0.25) is 0 Å². The Bertz CT molecular complexity index is 152. The van der Waals surface area contributed by atoms with E-state index in [1.54, 1.807) is 0 Å². The molecule has 0 saturated carbocycles. The van der Waals surface area contributed by atoms with Crippen molar-refractivity contribution in [2.24, 2.45) is 0 Å². The van der Waals surface area contributed by atoms with Crippen LogP contribution in [0.15, 0.2) is 25.7 Å². The van der Waals surface area contributed by atoms with Gasteiger partial charge in [-0.2, -0.15) is 0 Å². The van der Waals surface area contributed by atoms with E-state index in [0.717, 1.165) is 25.2 Å². The Morgan fingerprint density at radius 3 is 1.93 bits per heavy atom. The second-order valence-corrected chi connectivity index (χ2v) is 1.91. The van der Waals surface area contributed by atoms with Gasteiger partial charge in [0.05, 0.1) is 12.5 Å². The molecule has 0 aromatic carbocycles. The molecule has 1 N–H and O–H groups in total. The van der Waals surface area contributed by atoms with Gasteiger partial charge in [-0.3, -0.25) is 4.79 Å². The number of rotatable bonds is 3. The topological polar surface area (TPSA) is 63.6 Å². The van der Waals surface area contributed by atoms with Gasteiger partial charge in [-0.1, -0.05) is 20.1 Å². The highest BCUT2D eigenvalue weighted by Gasteiger charge is 1.79. The number of carbonyl (C=O) groups is 2. The van der Waals surface area contributed by atoms with Crippen LogP contribution in [0.25, 0.3) is 0 Å². The number of aldehydes is 1. The number of hydrogen-bond acceptors (Lipinski definition) is 4. The van der Waals surface area contributed by atoms with Crippen LogP contribution in [0.4, 0.5) is 0 Å². The molecular formula is C10H18O4. The molecule has 82 valence electrons. The first-order valence-corrected chi connectivity index (χ1v) is 4.07. The third-order valence-corrected chi connectivity index (χ3v) is 0.656. The second kappa shape index (κ2) is 22.5. The number of hydrogen-bond donors (Lipinski definition) is 1. The van der Waals surface area contributed by atoms with E-state index in [1.165, 1.54) is 6.92 Å². The molecule has 0 aromatic heterocycles. The molecular weight excluding hydrogens is 184 g/mol. The van der Waals surface area contributed by atoms with E-state index >= 15 is 0 Å². The van der Waals surface area contributed by atoms with Gasteiger partial charge in [0.25, 0.3) is 0 Å². The predicted molar refractivity (Wildman–Crippen MR) is 55.8 cm³/mol. The maximum atomic E-state index is 9.75. The van der Waals surface area contributed by atoms with Gasteiger partial charge < -0.3 is 14.6 Å². The van der Waals surface area contributed by atoms with Crippen molar-refractivity contribution in [3.8, 4) is 0 Å². The summed E-state index contributed by atoms with van der Waals surface area (Å²) in [5.74, 6) is -0.329. The Kier molecular flexibility index (Phi) is 29.4. The monoisotopic (exact) mass is 202 g/mol. The van der Waals surface area contributed by atoms with Crippen LogP contribution in [0.5, 0.6) is 0 Å². The van der Waals surface area contributed by atoms with Gasteiger partial charge in [0.1, 0.15) is 6.29 Å². The summed E-state index contributed by atoms with van der Waals surface area (Å²) >= 11 is 0. The minimum absolute atomic E-state index is 0.329. The average Bonchev–Trinajstić information content (AvgIpc) is 2.07. The lowest BCUT2D eigenvalue weighted by Crippen LogP contribution is -1.87. The molecule has 0 aliphatic carbocycles. The molecule has 0 bridgehead atoms. The first-order valence-electron chi connectivity index (χ1n) is 4.07. The fourth-order valence-electron chi connectivity index (χ4n) is 0.235. The van der Waals surface area contributed by atoms with Gasteiger partial charge >= 0.3 is 5.97 Å². The zero-order chi connectivity index (χ0) is 11.8. The lowest BCUT2D eigenvalue weighted by molar-refractivity contribution is -0.135. The number of ether oxygens (including phenoxy) is 1. The highest BCUT2D eigenvalue weighted by atomic mass is 16.5. The normalized spacial score (nSPS) is 6.43. The highest BCUT2D eigenvalue weighted by Crippen LogP contribution is 1.74. The van der Waals surface area contributed by atoms with Gasteiger partial charge in [0.15, 0.2) is 0 Å². The van der Waals surface area contributed by atoms with Crippen molar-refractivity contribution in [1.82, 2.24) is 0 Å². The first kappa shape index (κ1) is 18.3. The first-order chi connectivity index (χ1) is 6.60. The molecule has 4 heteroatoms. The summed E-state index contributed by atoms with van der Waals surface area (Å²) in [6, 6.07) is 0. The largest absolute Gasteiger partial charge is 0.516 e. The molecule has 0 amide bonds. The molecule has 0 saturated heterocycles. The molecule has 0 fully saturated rings. The molecule has 0 atom stereocenters. The predicted octanol–water partition coefficient (Wildman–Crippen LogP) is 2.37. The summed E-state index contributed by atoms with van der Waals surface area (Å²) in [7, 11) is 0. The van der Waals surface area contributed by atoms with E-state index in [4.69, 9.17) is 5.11 Å². The van der Waals surface area contributed by atoms with Gasteiger partial charge in [-0.25, -0.2) is 0 Å². The standard InChI is InChI=1S/C4H6O2.C4H8O.C2H4O/c1-3-6-4(2)5;1-2-3-4-5;1-2-3/h3H,1H2,2H3;4H,2-3H2,1H3;2-3H,1H2. The summed E-state index contributed by atoms with van der Waals surface area (Å²) in [6.07, 6.45) is 4.46. The molecule has 0 aliphatic rings. The van der Waals surface area contributed by atoms with Crippen LogP contribution in [0.3, 0.4) is 0 Å². The Balaban J connectivity index is -0.000000138. The van der Waals surface area contributed by atoms with Crippen molar-refractivity contribution in [2.75, 3.05) is 0 Å². The molecule has 0 rings (SSSR count). The van der Waals surface area contributed by atoms with E-state index < -0.39 is 0 Å². The van der Waals surface area contributed by atoms with Crippen LogP contribution in [-0.2, 0) is 14.3 Å². The van der Waals surface area contributed by atoms with Crippen LogP contribution in [0.1, 0.15) is 26.7 Å². The summed E-state index contributed by atoms with van der Waals surface area (Å²) in [4.78, 5) is 19.2. The molecule has 0 aromatic rings. The van der Waals surface area contributed by atoms with Crippen molar-refractivity contribution >= 4 is 12.3 Å². The lowest BCUT2D eigenvalue weighted by Gasteiger charge is -1.83. The Morgan fingerprint density at radius 1 is 1.50 bits per heavy atom. The van der Waals surface area contributed by atoms with Crippen molar-refractivity contribution in [2.45, 2.75) is 26.7 Å². The maximum Gasteiger partial charge on any atom is 0.307 e. The smallest absolute Gasteiger partial charge is 0.307 e. The molecule has 4 nitrogen and oxygen atoms in total. The summed E-state index contributed by atoms with van der Waals surface area (Å²) in [5, 5.41) is 7.33. The van der Waals surface area contributed by atoms with Crippen LogP contribution in [-0.4, -0.2) is 17.4 Å². The van der Waals surface area contributed by atoms with Gasteiger partial charge in [0, 0.05) is 13.3 Å². The Labute approximate surface area is 84.9 Å². The quantitative estimate of drug-likeness (QED) is 0.433. The fraction of sp³-hybridized carbons (Fsp3) is 0.400. The van der Waals surface area contributed by atoms with E-state index in [1.807, 2.05) is 6.92 Å². The van der Waals surface area contributed by atoms with Crippen molar-refractivity contribution in [3.05, 3.63) is 25.7 Å². The number of carbonyl (C=O) groups excluding carboxylic acids is 2. The van der Waals surface area contributed by atoms with E-state index in [0.29, 0.717) is 6.42 Å². The van der Waals surface area contributed by atoms with Crippen molar-refractivity contribution < 1.29 is 19.4 Å². The molecule has 0 aliphatic heterocycles. The highest BCUT2D eigenvalue weighted by molar-refractivity contribution is 5.66. The van der Waals surface area contributed by atoms with E-state index in [2.05, 4.69) is 17.9 Å². The average molecular weight is 202 g/mol. The van der Waals surface area contributed by atoms with Crippen LogP contribution in [0, 0.1) is 0 Å². The second-order valence-electron chi connectivity index (χ2n) is 1.91. The van der Waals surface area contributed by atoms with Crippen LogP contribution >= 0.6 is 0 Å².